The number of methoxy groups -OCH3 is 2. The highest BCUT2D eigenvalue weighted by molar-refractivity contribution is 6.09. The van der Waals surface area contributed by atoms with Gasteiger partial charge in [-0.25, -0.2) is 0 Å². The molecule has 1 aromatic heterocycles. The van der Waals surface area contributed by atoms with Crippen LogP contribution in [0.2, 0.25) is 0 Å². The predicted octanol–water partition coefficient (Wildman–Crippen LogP) is 2.98. The lowest BCUT2D eigenvalue weighted by atomic mass is 10.1. The van der Waals surface area contributed by atoms with Crippen molar-refractivity contribution in [2.24, 2.45) is 0 Å². The van der Waals surface area contributed by atoms with Gasteiger partial charge in [0.2, 0.25) is 5.75 Å². The number of hydrogen-bond donors (Lipinski definition) is 1. The molecule has 0 bridgehead atoms. The first-order chi connectivity index (χ1) is 11.6. The SMILES string of the molecule is COCOc1ccc(C(=O)/C=C/c2ccnc(C)c2)c(O)c1OC. The number of ketones is 1. The van der Waals surface area contributed by atoms with Crippen LogP contribution in [-0.4, -0.2) is 36.9 Å². The Morgan fingerprint density at radius 3 is 2.75 bits per heavy atom. The van der Waals surface area contributed by atoms with Crippen LogP contribution in [0.15, 0.2) is 36.5 Å². The van der Waals surface area contributed by atoms with Crippen LogP contribution < -0.4 is 9.47 Å². The van der Waals surface area contributed by atoms with E-state index in [0.29, 0.717) is 5.75 Å². The lowest BCUT2D eigenvalue weighted by Gasteiger charge is -2.13. The molecule has 0 radical (unpaired) electrons. The molecule has 0 aliphatic carbocycles. The molecular weight excluding hydrogens is 310 g/mol. The molecule has 126 valence electrons. The number of hydrogen-bond acceptors (Lipinski definition) is 6. The van der Waals surface area contributed by atoms with E-state index in [0.717, 1.165) is 11.3 Å². The number of carbonyl (C=O) groups is 1. The second-order valence-corrected chi connectivity index (χ2v) is 4.97. The maximum absolute atomic E-state index is 12.3. The highest BCUT2D eigenvalue weighted by Crippen LogP contribution is 2.39. The van der Waals surface area contributed by atoms with Gasteiger partial charge in [-0.2, -0.15) is 0 Å². The zero-order valence-corrected chi connectivity index (χ0v) is 13.8. The van der Waals surface area contributed by atoms with Crippen molar-refractivity contribution in [2.45, 2.75) is 6.92 Å². The van der Waals surface area contributed by atoms with E-state index in [4.69, 9.17) is 14.2 Å². The van der Waals surface area contributed by atoms with Crippen molar-refractivity contribution >= 4 is 11.9 Å². The van der Waals surface area contributed by atoms with E-state index in [2.05, 4.69) is 4.98 Å². The first kappa shape index (κ1) is 17.5. The zero-order chi connectivity index (χ0) is 17.5. The molecule has 1 heterocycles. The van der Waals surface area contributed by atoms with Crippen LogP contribution in [0.25, 0.3) is 6.08 Å². The summed E-state index contributed by atoms with van der Waals surface area (Å²) in [7, 11) is 2.87. The molecule has 6 heteroatoms. The number of carbonyl (C=O) groups excluding carboxylic acids is 1. The fourth-order valence-electron chi connectivity index (χ4n) is 2.12. The number of benzene rings is 1. The number of phenolic OH excluding ortho intramolecular Hbond substituents is 1. The van der Waals surface area contributed by atoms with Gasteiger partial charge in [0.25, 0.3) is 0 Å². The van der Waals surface area contributed by atoms with Gasteiger partial charge in [-0.05, 0) is 42.8 Å². The molecule has 0 spiro atoms. The highest BCUT2D eigenvalue weighted by atomic mass is 16.7. The van der Waals surface area contributed by atoms with Crippen molar-refractivity contribution < 1.29 is 24.1 Å². The van der Waals surface area contributed by atoms with E-state index < -0.39 is 0 Å². The molecule has 0 unspecified atom stereocenters. The predicted molar refractivity (Wildman–Crippen MR) is 89.5 cm³/mol. The normalized spacial score (nSPS) is 10.8. The third kappa shape index (κ3) is 4.11. The topological polar surface area (TPSA) is 77.9 Å². The number of aromatic nitrogens is 1. The Bertz CT molecular complexity index is 755. The lowest BCUT2D eigenvalue weighted by Crippen LogP contribution is -2.03. The Hall–Kier alpha value is -2.86. The number of pyridine rings is 1. The van der Waals surface area contributed by atoms with Crippen LogP contribution in [0.5, 0.6) is 17.2 Å². The molecule has 0 fully saturated rings. The molecule has 1 N–H and O–H groups in total. The number of ether oxygens (including phenoxy) is 3. The van der Waals surface area contributed by atoms with Crippen LogP contribution in [0.3, 0.4) is 0 Å². The number of rotatable bonds is 7. The maximum atomic E-state index is 12.3. The highest BCUT2D eigenvalue weighted by Gasteiger charge is 2.18. The van der Waals surface area contributed by atoms with Gasteiger partial charge in [-0.3, -0.25) is 9.78 Å². The molecule has 2 aromatic rings. The first-order valence-corrected chi connectivity index (χ1v) is 7.23. The maximum Gasteiger partial charge on any atom is 0.203 e. The quantitative estimate of drug-likeness (QED) is 0.478. The smallest absolute Gasteiger partial charge is 0.203 e. The van der Waals surface area contributed by atoms with Gasteiger partial charge in [0, 0.05) is 19.0 Å². The molecular formula is C18H19NO5. The Morgan fingerprint density at radius 2 is 2.08 bits per heavy atom. The monoisotopic (exact) mass is 329 g/mol. The average molecular weight is 329 g/mol. The van der Waals surface area contributed by atoms with E-state index in [-0.39, 0.29) is 29.6 Å². The van der Waals surface area contributed by atoms with Crippen LogP contribution in [0.4, 0.5) is 0 Å². The van der Waals surface area contributed by atoms with Crippen molar-refractivity contribution in [3.05, 3.63) is 53.4 Å². The molecule has 0 atom stereocenters. The first-order valence-electron chi connectivity index (χ1n) is 7.23. The Labute approximate surface area is 140 Å². The van der Waals surface area contributed by atoms with Crippen LogP contribution in [-0.2, 0) is 4.74 Å². The van der Waals surface area contributed by atoms with Gasteiger partial charge < -0.3 is 19.3 Å². The van der Waals surface area contributed by atoms with E-state index in [1.165, 1.54) is 26.4 Å². The van der Waals surface area contributed by atoms with Crippen LogP contribution in [0, 0.1) is 6.92 Å². The zero-order valence-electron chi connectivity index (χ0n) is 13.8. The van der Waals surface area contributed by atoms with Gasteiger partial charge in [-0.1, -0.05) is 6.08 Å². The Morgan fingerprint density at radius 1 is 1.29 bits per heavy atom. The molecule has 0 amide bonds. The summed E-state index contributed by atoms with van der Waals surface area (Å²) in [6, 6.07) is 6.67. The number of nitrogens with zero attached hydrogens (tertiary/aromatic N) is 1. The fraction of sp³-hybridized carbons (Fsp3) is 0.222. The number of phenols is 1. The molecule has 0 aliphatic rings. The fourth-order valence-corrected chi connectivity index (χ4v) is 2.12. The summed E-state index contributed by atoms with van der Waals surface area (Å²) in [5.41, 5.74) is 1.83. The molecule has 1 aromatic carbocycles. The van der Waals surface area contributed by atoms with Gasteiger partial charge in [0.1, 0.15) is 0 Å². The summed E-state index contributed by atoms with van der Waals surface area (Å²) in [4.78, 5) is 16.4. The van der Waals surface area contributed by atoms with Crippen molar-refractivity contribution in [1.29, 1.82) is 0 Å². The number of aryl methyl sites for hydroxylation is 1. The minimum Gasteiger partial charge on any atom is -0.504 e. The standard InChI is InChI=1S/C18H19NO5/c1-12-10-13(8-9-19-12)4-6-15(20)14-5-7-16(24-11-22-2)18(23-3)17(14)21/h4-10,21H,11H2,1-3H3/b6-4+. The van der Waals surface area contributed by atoms with Crippen LogP contribution in [0.1, 0.15) is 21.6 Å². The lowest BCUT2D eigenvalue weighted by molar-refractivity contribution is 0.0489. The third-order valence-corrected chi connectivity index (χ3v) is 3.25. The van der Waals surface area contributed by atoms with Crippen LogP contribution >= 0.6 is 0 Å². The summed E-state index contributed by atoms with van der Waals surface area (Å²) in [6.45, 7) is 1.87. The summed E-state index contributed by atoms with van der Waals surface area (Å²) >= 11 is 0. The van der Waals surface area contributed by atoms with Gasteiger partial charge in [0.15, 0.2) is 24.1 Å². The third-order valence-electron chi connectivity index (χ3n) is 3.25. The largest absolute Gasteiger partial charge is 0.504 e. The molecule has 6 nitrogen and oxygen atoms in total. The molecule has 24 heavy (non-hydrogen) atoms. The van der Waals surface area contributed by atoms with E-state index >= 15 is 0 Å². The van der Waals surface area contributed by atoms with Crippen molar-refractivity contribution in [3.63, 3.8) is 0 Å². The average Bonchev–Trinajstić information content (AvgIpc) is 2.58. The molecule has 0 saturated heterocycles. The van der Waals surface area contributed by atoms with Crippen molar-refractivity contribution in [2.75, 3.05) is 21.0 Å². The second-order valence-electron chi connectivity index (χ2n) is 4.97. The van der Waals surface area contributed by atoms with Crippen molar-refractivity contribution in [1.82, 2.24) is 4.98 Å². The summed E-state index contributed by atoms with van der Waals surface area (Å²) in [5, 5.41) is 10.3. The van der Waals surface area contributed by atoms with E-state index in [1.807, 2.05) is 13.0 Å². The summed E-state index contributed by atoms with van der Waals surface area (Å²) in [6.07, 6.45) is 4.72. The summed E-state index contributed by atoms with van der Waals surface area (Å²) < 4.78 is 15.2. The Balaban J connectivity index is 2.26. The number of aromatic hydroxyl groups is 1. The molecule has 2 rings (SSSR count). The van der Waals surface area contributed by atoms with E-state index in [1.54, 1.807) is 24.4 Å². The number of allylic oxidation sites excluding steroid dienone is 1. The van der Waals surface area contributed by atoms with Gasteiger partial charge >= 0.3 is 0 Å². The molecule has 0 aliphatic heterocycles. The summed E-state index contributed by atoms with van der Waals surface area (Å²) in [5.74, 6) is -0.238. The molecule has 0 saturated carbocycles. The second kappa shape index (κ2) is 8.12. The minimum atomic E-state index is -0.349. The van der Waals surface area contributed by atoms with Gasteiger partial charge in [0.05, 0.1) is 12.7 Å². The minimum absolute atomic E-state index is 0.00435. The Kier molecular flexibility index (Phi) is 5.92. The van der Waals surface area contributed by atoms with Crippen molar-refractivity contribution in [3.8, 4) is 17.2 Å². The van der Waals surface area contributed by atoms with E-state index in [9.17, 15) is 9.90 Å². The van der Waals surface area contributed by atoms with Gasteiger partial charge in [-0.15, -0.1) is 0 Å².